The van der Waals surface area contributed by atoms with E-state index >= 15 is 0 Å². The molecule has 1 aromatic carbocycles. The molecule has 2 aromatic rings. The van der Waals surface area contributed by atoms with Crippen LogP contribution in [0.4, 0.5) is 4.39 Å². The number of hydrogen-bond acceptors (Lipinski definition) is 3. The van der Waals surface area contributed by atoms with Crippen LogP contribution in [-0.2, 0) is 9.31 Å². The van der Waals surface area contributed by atoms with E-state index in [1.165, 1.54) is 6.07 Å². The summed E-state index contributed by atoms with van der Waals surface area (Å²) in [6.07, 6.45) is 3.42. The first-order chi connectivity index (χ1) is 9.80. The Balaban J connectivity index is 1.91. The zero-order valence-electron chi connectivity index (χ0n) is 12.6. The number of aromatic nitrogens is 2. The molecule has 1 fully saturated rings. The van der Waals surface area contributed by atoms with Crippen LogP contribution < -0.4 is 5.46 Å². The topological polar surface area (TPSA) is 36.3 Å². The van der Waals surface area contributed by atoms with Gasteiger partial charge in [0.25, 0.3) is 0 Å². The summed E-state index contributed by atoms with van der Waals surface area (Å²) in [5.41, 5.74) is 0.109. The van der Waals surface area contributed by atoms with Crippen molar-refractivity contribution in [3.8, 4) is 5.69 Å². The molecule has 0 atom stereocenters. The minimum absolute atomic E-state index is 0.360. The van der Waals surface area contributed by atoms with Crippen molar-refractivity contribution in [1.29, 1.82) is 0 Å². The van der Waals surface area contributed by atoms with E-state index in [4.69, 9.17) is 9.31 Å². The van der Waals surface area contributed by atoms with Gasteiger partial charge in [-0.2, -0.15) is 5.10 Å². The van der Waals surface area contributed by atoms with Crippen molar-refractivity contribution in [2.24, 2.45) is 0 Å². The standard InChI is InChI=1S/C15H18BFN2O2/c1-14(2)15(3,4)21-16(20-14)12-7-6-11(10-13(12)17)19-9-5-8-18-19/h5-10H,1-4H3. The summed E-state index contributed by atoms with van der Waals surface area (Å²) >= 11 is 0. The van der Waals surface area contributed by atoms with Gasteiger partial charge in [-0.15, -0.1) is 0 Å². The molecule has 6 heteroatoms. The Morgan fingerprint density at radius 1 is 1.14 bits per heavy atom. The van der Waals surface area contributed by atoms with E-state index in [-0.39, 0.29) is 5.82 Å². The van der Waals surface area contributed by atoms with Crippen molar-refractivity contribution >= 4 is 12.6 Å². The summed E-state index contributed by atoms with van der Waals surface area (Å²) in [5, 5.41) is 4.09. The smallest absolute Gasteiger partial charge is 0.399 e. The molecule has 1 saturated heterocycles. The molecule has 0 bridgehead atoms. The molecule has 2 heterocycles. The molecular weight excluding hydrogens is 270 g/mol. The van der Waals surface area contributed by atoms with Crippen LogP contribution in [0.3, 0.4) is 0 Å². The Morgan fingerprint density at radius 2 is 1.81 bits per heavy atom. The maximum atomic E-state index is 14.4. The maximum Gasteiger partial charge on any atom is 0.497 e. The molecule has 0 aliphatic carbocycles. The van der Waals surface area contributed by atoms with Gasteiger partial charge in [0.15, 0.2) is 0 Å². The van der Waals surface area contributed by atoms with Crippen LogP contribution in [0.5, 0.6) is 0 Å². The second-order valence-corrected chi connectivity index (χ2v) is 6.24. The van der Waals surface area contributed by atoms with Crippen LogP contribution in [-0.4, -0.2) is 28.1 Å². The molecule has 0 N–H and O–H groups in total. The highest BCUT2D eigenvalue weighted by Crippen LogP contribution is 2.36. The molecular formula is C15H18BFN2O2. The molecule has 1 aliphatic heterocycles. The minimum Gasteiger partial charge on any atom is -0.399 e. The van der Waals surface area contributed by atoms with Crippen molar-refractivity contribution in [2.75, 3.05) is 0 Å². The monoisotopic (exact) mass is 288 g/mol. The van der Waals surface area contributed by atoms with Crippen LogP contribution in [0.25, 0.3) is 5.69 Å². The molecule has 0 spiro atoms. The first-order valence-corrected chi connectivity index (χ1v) is 6.95. The molecule has 0 radical (unpaired) electrons. The normalized spacial score (nSPS) is 20.0. The van der Waals surface area contributed by atoms with Gasteiger partial charge in [0.05, 0.1) is 16.9 Å². The summed E-state index contributed by atoms with van der Waals surface area (Å²) in [7, 11) is -0.693. The molecule has 0 unspecified atom stereocenters. The molecule has 0 saturated carbocycles. The lowest BCUT2D eigenvalue weighted by atomic mass is 9.78. The Morgan fingerprint density at radius 3 is 2.33 bits per heavy atom. The van der Waals surface area contributed by atoms with Crippen molar-refractivity contribution in [1.82, 2.24) is 9.78 Å². The Hall–Kier alpha value is -1.66. The average molecular weight is 288 g/mol. The summed E-state index contributed by atoms with van der Waals surface area (Å²) in [5.74, 6) is -0.360. The first kappa shape index (κ1) is 14.3. The van der Waals surface area contributed by atoms with Crippen molar-refractivity contribution in [2.45, 2.75) is 38.9 Å². The Labute approximate surface area is 124 Å². The van der Waals surface area contributed by atoms with E-state index in [2.05, 4.69) is 5.10 Å². The molecule has 0 amide bonds. The average Bonchev–Trinajstić information content (AvgIpc) is 2.96. The van der Waals surface area contributed by atoms with Gasteiger partial charge in [-0.1, -0.05) is 6.07 Å². The number of hydrogen-bond donors (Lipinski definition) is 0. The van der Waals surface area contributed by atoms with Gasteiger partial charge >= 0.3 is 7.12 Å². The van der Waals surface area contributed by atoms with E-state index in [1.54, 1.807) is 35.3 Å². The predicted octanol–water partition coefficient (Wildman–Crippen LogP) is 2.31. The number of nitrogens with zero attached hydrogens (tertiary/aromatic N) is 2. The summed E-state index contributed by atoms with van der Waals surface area (Å²) in [6, 6.07) is 6.72. The largest absolute Gasteiger partial charge is 0.497 e. The molecule has 3 rings (SSSR count). The second-order valence-electron chi connectivity index (χ2n) is 6.24. The second kappa shape index (κ2) is 4.68. The molecule has 110 valence electrons. The maximum absolute atomic E-state index is 14.4. The lowest BCUT2D eigenvalue weighted by Crippen LogP contribution is -2.41. The van der Waals surface area contributed by atoms with Crippen molar-refractivity contribution in [3.05, 3.63) is 42.5 Å². The van der Waals surface area contributed by atoms with Crippen molar-refractivity contribution in [3.63, 3.8) is 0 Å². The fourth-order valence-corrected chi connectivity index (χ4v) is 2.24. The summed E-state index contributed by atoms with van der Waals surface area (Å²) < 4.78 is 27.8. The van der Waals surface area contributed by atoms with Crippen LogP contribution in [0.1, 0.15) is 27.7 Å². The van der Waals surface area contributed by atoms with Crippen molar-refractivity contribution < 1.29 is 13.7 Å². The van der Waals surface area contributed by atoms with Gasteiger partial charge in [0, 0.05) is 17.9 Å². The predicted molar refractivity (Wildman–Crippen MR) is 79.2 cm³/mol. The van der Waals surface area contributed by atoms with Gasteiger partial charge in [-0.3, -0.25) is 0 Å². The fourth-order valence-electron chi connectivity index (χ4n) is 2.24. The van der Waals surface area contributed by atoms with Crippen LogP contribution in [0.15, 0.2) is 36.7 Å². The minimum atomic E-state index is -0.693. The highest BCUT2D eigenvalue weighted by Gasteiger charge is 2.52. The molecule has 21 heavy (non-hydrogen) atoms. The van der Waals surface area contributed by atoms with Gasteiger partial charge in [0.1, 0.15) is 5.82 Å². The zero-order chi connectivity index (χ0) is 15.3. The highest BCUT2D eigenvalue weighted by atomic mass is 19.1. The van der Waals surface area contributed by atoms with E-state index in [1.807, 2.05) is 27.7 Å². The van der Waals surface area contributed by atoms with Gasteiger partial charge < -0.3 is 9.31 Å². The van der Waals surface area contributed by atoms with Crippen LogP contribution in [0.2, 0.25) is 0 Å². The third-order valence-corrected chi connectivity index (χ3v) is 4.26. The van der Waals surface area contributed by atoms with E-state index in [9.17, 15) is 4.39 Å². The van der Waals surface area contributed by atoms with E-state index < -0.39 is 18.3 Å². The highest BCUT2D eigenvalue weighted by molar-refractivity contribution is 6.62. The molecule has 1 aromatic heterocycles. The third-order valence-electron chi connectivity index (χ3n) is 4.26. The van der Waals surface area contributed by atoms with Gasteiger partial charge in [-0.05, 0) is 45.9 Å². The third kappa shape index (κ3) is 2.38. The summed E-state index contributed by atoms with van der Waals surface area (Å²) in [6.45, 7) is 7.79. The van der Waals surface area contributed by atoms with Crippen LogP contribution >= 0.6 is 0 Å². The summed E-state index contributed by atoms with van der Waals surface area (Å²) in [4.78, 5) is 0. The van der Waals surface area contributed by atoms with Gasteiger partial charge in [-0.25, -0.2) is 9.07 Å². The molecule has 1 aliphatic rings. The molecule has 4 nitrogen and oxygen atoms in total. The Kier molecular flexibility index (Phi) is 3.18. The zero-order valence-corrected chi connectivity index (χ0v) is 12.6. The lowest BCUT2D eigenvalue weighted by molar-refractivity contribution is 0.00578. The fraction of sp³-hybridized carbons (Fsp3) is 0.400. The SMILES string of the molecule is CC1(C)OB(c2ccc(-n3cccn3)cc2F)OC1(C)C. The lowest BCUT2D eigenvalue weighted by Gasteiger charge is -2.32. The Bertz CT molecular complexity index is 640. The first-order valence-electron chi connectivity index (χ1n) is 6.95. The van der Waals surface area contributed by atoms with Crippen LogP contribution in [0, 0.1) is 5.82 Å². The quantitative estimate of drug-likeness (QED) is 0.796. The number of benzene rings is 1. The van der Waals surface area contributed by atoms with Gasteiger partial charge in [0.2, 0.25) is 0 Å². The van der Waals surface area contributed by atoms with E-state index in [0.717, 1.165) is 0 Å². The number of halogens is 1. The number of rotatable bonds is 2. The van der Waals surface area contributed by atoms with E-state index in [0.29, 0.717) is 11.2 Å².